The molecule has 0 aliphatic rings. The van der Waals surface area contributed by atoms with Gasteiger partial charge in [0.2, 0.25) is 0 Å². The number of benzene rings is 3. The van der Waals surface area contributed by atoms with Gasteiger partial charge in [-0.2, -0.15) is 0 Å². The lowest BCUT2D eigenvalue weighted by Crippen LogP contribution is -1.95. The highest BCUT2D eigenvalue weighted by molar-refractivity contribution is 5.85. The zero-order chi connectivity index (χ0) is 13.1. The zero-order valence-electron chi connectivity index (χ0n) is 11.3. The molecule has 0 amide bonds. The fourth-order valence-electron chi connectivity index (χ4n) is 2.73. The summed E-state index contributed by atoms with van der Waals surface area (Å²) in [6.45, 7) is 2.22. The third kappa shape index (κ3) is 2.39. The summed E-state index contributed by atoms with van der Waals surface area (Å²) in [5, 5.41) is 2.70. The minimum Gasteiger partial charge on any atom is -0.0620 e. The van der Waals surface area contributed by atoms with E-state index in [2.05, 4.69) is 73.7 Å². The lowest BCUT2D eigenvalue weighted by molar-refractivity contribution is 1.07. The molecule has 0 unspecified atom stereocenters. The van der Waals surface area contributed by atoms with Gasteiger partial charge in [-0.05, 0) is 40.3 Å². The lowest BCUT2D eigenvalue weighted by atomic mass is 9.95. The Morgan fingerprint density at radius 3 is 2.11 bits per heavy atom. The molecular weight excluding hydrogens is 228 g/mol. The molecule has 3 aromatic carbocycles. The summed E-state index contributed by atoms with van der Waals surface area (Å²) >= 11 is 0. The molecule has 0 heterocycles. The summed E-state index contributed by atoms with van der Waals surface area (Å²) in [4.78, 5) is 0. The maximum absolute atomic E-state index is 2.25. The van der Waals surface area contributed by atoms with Crippen molar-refractivity contribution in [2.45, 2.75) is 19.8 Å². The normalized spacial score (nSPS) is 10.8. The molecule has 3 aromatic rings. The number of fused-ring (bicyclic) bond motifs is 1. The molecule has 0 radical (unpaired) electrons. The second-order valence-corrected chi connectivity index (χ2v) is 4.94. The highest BCUT2D eigenvalue weighted by Gasteiger charge is 2.04. The molecule has 3 rings (SSSR count). The minimum absolute atomic E-state index is 1.02. The first kappa shape index (κ1) is 12.0. The van der Waals surface area contributed by atoms with Gasteiger partial charge >= 0.3 is 0 Å². The number of rotatable bonds is 3. The van der Waals surface area contributed by atoms with Crippen molar-refractivity contribution in [2.24, 2.45) is 0 Å². The van der Waals surface area contributed by atoms with Crippen LogP contribution in [-0.2, 0) is 12.8 Å². The van der Waals surface area contributed by atoms with Crippen molar-refractivity contribution in [1.82, 2.24) is 0 Å². The van der Waals surface area contributed by atoms with Gasteiger partial charge in [0.1, 0.15) is 0 Å². The molecule has 0 saturated heterocycles. The second kappa shape index (κ2) is 5.27. The summed E-state index contributed by atoms with van der Waals surface area (Å²) in [6, 6.07) is 24.0. The van der Waals surface area contributed by atoms with Crippen molar-refractivity contribution in [3.63, 3.8) is 0 Å². The monoisotopic (exact) mass is 246 g/mol. The van der Waals surface area contributed by atoms with Gasteiger partial charge in [0.05, 0.1) is 0 Å². The molecule has 0 spiro atoms. The van der Waals surface area contributed by atoms with Gasteiger partial charge in [0.15, 0.2) is 0 Å². The van der Waals surface area contributed by atoms with Crippen molar-refractivity contribution in [1.29, 1.82) is 0 Å². The van der Waals surface area contributed by atoms with Gasteiger partial charge in [-0.3, -0.25) is 0 Å². The average molecular weight is 246 g/mol. The molecule has 0 fully saturated rings. The van der Waals surface area contributed by atoms with Crippen LogP contribution >= 0.6 is 0 Å². The van der Waals surface area contributed by atoms with E-state index in [0.717, 1.165) is 12.8 Å². The molecule has 94 valence electrons. The van der Waals surface area contributed by atoms with Gasteiger partial charge in [-0.25, -0.2) is 0 Å². The standard InChI is InChI=1S/C19H18/c1-2-15-8-3-4-10-17(15)14-18-12-7-11-16-9-5-6-13-19(16)18/h3-13H,2,14H2,1H3. The summed E-state index contributed by atoms with van der Waals surface area (Å²) in [7, 11) is 0. The van der Waals surface area contributed by atoms with Gasteiger partial charge < -0.3 is 0 Å². The molecule has 0 aromatic heterocycles. The quantitative estimate of drug-likeness (QED) is 0.610. The molecule has 0 atom stereocenters. The summed E-state index contributed by atoms with van der Waals surface area (Å²) < 4.78 is 0. The maximum Gasteiger partial charge on any atom is -0.00169 e. The zero-order valence-corrected chi connectivity index (χ0v) is 11.3. The van der Waals surface area contributed by atoms with Crippen molar-refractivity contribution in [3.05, 3.63) is 83.4 Å². The fourth-order valence-corrected chi connectivity index (χ4v) is 2.73. The number of hydrogen-bond donors (Lipinski definition) is 0. The van der Waals surface area contributed by atoms with E-state index in [1.54, 1.807) is 0 Å². The van der Waals surface area contributed by atoms with E-state index < -0.39 is 0 Å². The van der Waals surface area contributed by atoms with E-state index in [1.165, 1.54) is 27.5 Å². The van der Waals surface area contributed by atoms with Gasteiger partial charge in [-0.15, -0.1) is 0 Å². The molecule has 0 aliphatic heterocycles. The molecule has 0 nitrogen and oxygen atoms in total. The van der Waals surface area contributed by atoms with Gasteiger partial charge in [0, 0.05) is 0 Å². The van der Waals surface area contributed by atoms with Crippen LogP contribution in [0.1, 0.15) is 23.6 Å². The second-order valence-electron chi connectivity index (χ2n) is 4.94. The highest BCUT2D eigenvalue weighted by atomic mass is 14.1. The molecule has 0 aliphatic carbocycles. The fraction of sp³-hybridized carbons (Fsp3) is 0.158. The third-order valence-electron chi connectivity index (χ3n) is 3.76. The first-order valence-electron chi connectivity index (χ1n) is 6.92. The van der Waals surface area contributed by atoms with Crippen molar-refractivity contribution in [3.8, 4) is 0 Å². The largest absolute Gasteiger partial charge is 0.0620 e. The highest BCUT2D eigenvalue weighted by Crippen LogP contribution is 2.22. The average Bonchev–Trinajstić information content (AvgIpc) is 2.48. The molecule has 0 N–H and O–H groups in total. The maximum atomic E-state index is 2.25. The first-order chi connectivity index (χ1) is 9.38. The van der Waals surface area contributed by atoms with Crippen LogP contribution in [0.25, 0.3) is 10.8 Å². The lowest BCUT2D eigenvalue weighted by Gasteiger charge is -2.10. The Kier molecular flexibility index (Phi) is 3.33. The Bertz CT molecular complexity index is 690. The van der Waals surface area contributed by atoms with Crippen LogP contribution in [0.3, 0.4) is 0 Å². The SMILES string of the molecule is CCc1ccccc1Cc1cccc2ccccc12. The molecular formula is C19H18. The molecule has 0 saturated carbocycles. The van der Waals surface area contributed by atoms with Crippen molar-refractivity contribution in [2.75, 3.05) is 0 Å². The topological polar surface area (TPSA) is 0 Å². The van der Waals surface area contributed by atoms with Crippen LogP contribution in [0.5, 0.6) is 0 Å². The van der Waals surface area contributed by atoms with Crippen LogP contribution in [0.15, 0.2) is 66.7 Å². The number of hydrogen-bond acceptors (Lipinski definition) is 0. The summed E-state index contributed by atoms with van der Waals surface area (Å²) in [5.74, 6) is 0. The summed E-state index contributed by atoms with van der Waals surface area (Å²) in [6.07, 6.45) is 2.12. The van der Waals surface area contributed by atoms with E-state index in [4.69, 9.17) is 0 Å². The van der Waals surface area contributed by atoms with Crippen LogP contribution < -0.4 is 0 Å². The van der Waals surface area contributed by atoms with Crippen molar-refractivity contribution < 1.29 is 0 Å². The van der Waals surface area contributed by atoms with E-state index in [1.807, 2.05) is 0 Å². The van der Waals surface area contributed by atoms with Crippen LogP contribution in [0.4, 0.5) is 0 Å². The van der Waals surface area contributed by atoms with E-state index in [-0.39, 0.29) is 0 Å². The molecule has 0 heteroatoms. The smallest absolute Gasteiger partial charge is 0.00169 e. The van der Waals surface area contributed by atoms with E-state index in [9.17, 15) is 0 Å². The minimum atomic E-state index is 1.02. The Morgan fingerprint density at radius 2 is 1.26 bits per heavy atom. The van der Waals surface area contributed by atoms with Crippen LogP contribution in [0.2, 0.25) is 0 Å². The number of aryl methyl sites for hydroxylation is 1. The van der Waals surface area contributed by atoms with Gasteiger partial charge in [0.25, 0.3) is 0 Å². The predicted molar refractivity (Wildman–Crippen MR) is 82.6 cm³/mol. The Balaban J connectivity index is 2.06. The van der Waals surface area contributed by atoms with Gasteiger partial charge in [-0.1, -0.05) is 73.7 Å². The van der Waals surface area contributed by atoms with Crippen molar-refractivity contribution >= 4 is 10.8 Å². The van der Waals surface area contributed by atoms with E-state index in [0.29, 0.717) is 0 Å². The molecule has 19 heavy (non-hydrogen) atoms. The first-order valence-corrected chi connectivity index (χ1v) is 6.92. The third-order valence-corrected chi connectivity index (χ3v) is 3.76. The van der Waals surface area contributed by atoms with E-state index >= 15 is 0 Å². The van der Waals surface area contributed by atoms with Crippen LogP contribution in [-0.4, -0.2) is 0 Å². The Morgan fingerprint density at radius 1 is 0.632 bits per heavy atom. The summed E-state index contributed by atoms with van der Waals surface area (Å²) in [5.41, 5.74) is 4.32. The predicted octanol–water partition coefficient (Wildman–Crippen LogP) is 4.99. The Hall–Kier alpha value is -2.08. The molecule has 0 bridgehead atoms. The Labute approximate surface area is 114 Å². The van der Waals surface area contributed by atoms with Crippen LogP contribution in [0, 0.1) is 0 Å².